The van der Waals surface area contributed by atoms with Gasteiger partial charge in [-0.15, -0.1) is 0 Å². The molecule has 0 radical (unpaired) electrons. The first-order valence-electron chi connectivity index (χ1n) is 20.4. The summed E-state index contributed by atoms with van der Waals surface area (Å²) in [7, 11) is 0. The zero-order valence-corrected chi connectivity index (χ0v) is 35.4. The molecule has 10 aromatic carbocycles. The molecule has 0 atom stereocenters. The number of hydrogen-bond donors (Lipinski definition) is 2. The third-order valence-corrected chi connectivity index (χ3v) is 10.7. The summed E-state index contributed by atoms with van der Waals surface area (Å²) in [5.41, 5.74) is -3.47. The Kier molecular flexibility index (Phi) is 14.2. The largest absolute Gasteiger partial charge is 0.478 e. The molecule has 18 heteroatoms. The maximum absolute atomic E-state index is 10.5. The van der Waals surface area contributed by atoms with Crippen LogP contribution in [0.15, 0.2) is 158 Å². The number of nitro benzene ring substituents is 4. The number of benzene rings is 10. The number of ether oxygens (including phenoxy) is 2. The lowest BCUT2D eigenvalue weighted by molar-refractivity contribution is -0.394. The topological polar surface area (TPSA) is 266 Å². The highest BCUT2D eigenvalue weighted by molar-refractivity contribution is 6.24. The van der Waals surface area contributed by atoms with E-state index < -0.39 is 65.5 Å². The SMILES string of the molecule is C1COCCO1.O=C(O)c1cc([N+](=O)[O-])cc([N+](=O)[O-])c1.O=C(O)c1cc([N+](=O)[O-])cc([N+](=O)[O-])c1.c1cc2ccc3cccc4ccc(c1)c2c34.c1cc2ccc3cccc4ccc(c1)c2c34. The summed E-state index contributed by atoms with van der Waals surface area (Å²) in [5.74, 6) is -2.91. The number of hydrogen-bond acceptors (Lipinski definition) is 12. The maximum atomic E-state index is 10.5. The van der Waals surface area contributed by atoms with Crippen LogP contribution in [0.3, 0.4) is 0 Å². The van der Waals surface area contributed by atoms with Gasteiger partial charge >= 0.3 is 11.9 Å². The second-order valence-corrected chi connectivity index (χ2v) is 14.9. The van der Waals surface area contributed by atoms with E-state index in [1.807, 2.05) is 0 Å². The van der Waals surface area contributed by atoms with Gasteiger partial charge in [0.2, 0.25) is 0 Å². The van der Waals surface area contributed by atoms with Crippen molar-refractivity contribution >= 4 is 99.3 Å². The van der Waals surface area contributed by atoms with Crippen LogP contribution in [0.5, 0.6) is 0 Å². The Morgan fingerprint density at radius 1 is 0.353 bits per heavy atom. The van der Waals surface area contributed by atoms with Gasteiger partial charge in [-0.1, -0.05) is 121 Å². The summed E-state index contributed by atoms with van der Waals surface area (Å²) in [6, 6.07) is 48.2. The van der Waals surface area contributed by atoms with Crippen LogP contribution in [0.25, 0.3) is 64.6 Å². The van der Waals surface area contributed by atoms with Gasteiger partial charge < -0.3 is 19.7 Å². The number of carboxylic acids is 2. The molecule has 2 N–H and O–H groups in total. The Hall–Kier alpha value is -9.26. The van der Waals surface area contributed by atoms with E-state index >= 15 is 0 Å². The van der Waals surface area contributed by atoms with Gasteiger partial charge in [-0.05, 0) is 64.6 Å². The van der Waals surface area contributed by atoms with Crippen LogP contribution in [0.2, 0.25) is 0 Å². The zero-order chi connectivity index (χ0) is 48.5. The predicted molar refractivity (Wildman–Crippen MR) is 255 cm³/mol. The molecule has 1 saturated heterocycles. The number of carboxylic acid groups (broad SMARTS) is 2. The normalized spacial score (nSPS) is 11.9. The van der Waals surface area contributed by atoms with Gasteiger partial charge in [0.15, 0.2) is 0 Å². The summed E-state index contributed by atoms with van der Waals surface area (Å²) in [6.07, 6.45) is 0. The molecule has 0 spiro atoms. The van der Waals surface area contributed by atoms with Crippen molar-refractivity contribution in [3.05, 3.63) is 209 Å². The summed E-state index contributed by atoms with van der Waals surface area (Å²) in [4.78, 5) is 58.8. The van der Waals surface area contributed by atoms with E-state index in [1.165, 1.54) is 64.6 Å². The molecule has 1 heterocycles. The van der Waals surface area contributed by atoms with E-state index in [0.717, 1.165) is 50.7 Å². The average Bonchev–Trinajstić information content (AvgIpc) is 3.36. The first kappa shape index (κ1) is 46.7. The molecular formula is C50H36N4O14. The second kappa shape index (κ2) is 20.7. The first-order chi connectivity index (χ1) is 32.7. The van der Waals surface area contributed by atoms with Crippen LogP contribution in [-0.2, 0) is 9.47 Å². The fourth-order valence-corrected chi connectivity index (χ4v) is 7.64. The van der Waals surface area contributed by atoms with Crippen LogP contribution >= 0.6 is 0 Å². The minimum atomic E-state index is -1.46. The highest BCUT2D eigenvalue weighted by Gasteiger charge is 2.20. The second-order valence-electron chi connectivity index (χ2n) is 14.9. The summed E-state index contributed by atoms with van der Waals surface area (Å²) >= 11 is 0. The molecule has 1 fully saturated rings. The fourth-order valence-electron chi connectivity index (χ4n) is 7.64. The molecular weight excluding hydrogens is 881 g/mol. The standard InChI is InChI=1S/2C16H10.2C7H4N2O6.C4H8O2/c2*1-3-11-7-9-13-5-2-6-14-10-8-12(4-1)15(11)16(13)14;2*10-7(11)4-1-5(8(12)13)3-6(2-4)9(14)15;1-2-6-4-3-5-1/h2*1-10H;2*1-3H,(H,10,11);1-4H2. The van der Waals surface area contributed by atoms with Crippen molar-refractivity contribution in [1.29, 1.82) is 0 Å². The van der Waals surface area contributed by atoms with Crippen molar-refractivity contribution in [1.82, 2.24) is 0 Å². The first-order valence-corrected chi connectivity index (χ1v) is 20.4. The van der Waals surface area contributed by atoms with Gasteiger partial charge in [0, 0.05) is 24.3 Å². The smallest absolute Gasteiger partial charge is 0.336 e. The molecule has 68 heavy (non-hydrogen) atoms. The van der Waals surface area contributed by atoms with Gasteiger partial charge in [0.25, 0.3) is 22.7 Å². The van der Waals surface area contributed by atoms with E-state index in [1.54, 1.807) is 0 Å². The van der Waals surface area contributed by atoms with E-state index in [-0.39, 0.29) is 0 Å². The molecule has 11 rings (SSSR count). The van der Waals surface area contributed by atoms with E-state index in [9.17, 15) is 50.0 Å². The van der Waals surface area contributed by atoms with Crippen LogP contribution in [0.4, 0.5) is 22.7 Å². The highest BCUT2D eigenvalue weighted by Crippen LogP contribution is 2.35. The van der Waals surface area contributed by atoms with Crippen molar-refractivity contribution in [3.8, 4) is 0 Å². The van der Waals surface area contributed by atoms with Crippen LogP contribution in [0, 0.1) is 40.5 Å². The number of nitro groups is 4. The lowest BCUT2D eigenvalue weighted by atomic mass is 9.95. The van der Waals surface area contributed by atoms with Crippen molar-refractivity contribution < 1.29 is 49.0 Å². The number of aromatic carboxylic acids is 2. The summed E-state index contributed by atoms with van der Waals surface area (Å²) < 4.78 is 9.89. The molecule has 0 aliphatic carbocycles. The van der Waals surface area contributed by atoms with Crippen LogP contribution in [0.1, 0.15) is 20.7 Å². The third-order valence-electron chi connectivity index (χ3n) is 10.7. The maximum Gasteiger partial charge on any atom is 0.336 e. The molecule has 1 aliphatic heterocycles. The Bertz CT molecular complexity index is 2870. The minimum Gasteiger partial charge on any atom is -0.478 e. The number of non-ortho nitro benzene ring substituents is 4. The Morgan fingerprint density at radius 3 is 0.691 bits per heavy atom. The molecule has 0 saturated carbocycles. The number of rotatable bonds is 6. The lowest BCUT2D eigenvalue weighted by Gasteiger charge is -2.09. The van der Waals surface area contributed by atoms with Gasteiger partial charge in [-0.2, -0.15) is 0 Å². The molecule has 10 aromatic rings. The highest BCUT2D eigenvalue weighted by atomic mass is 16.6. The minimum absolute atomic E-state index is 0.490. The van der Waals surface area contributed by atoms with Gasteiger partial charge in [-0.25, -0.2) is 9.59 Å². The Balaban J connectivity index is 0.000000129. The van der Waals surface area contributed by atoms with E-state index in [2.05, 4.69) is 121 Å². The molecule has 18 nitrogen and oxygen atoms in total. The van der Waals surface area contributed by atoms with Crippen LogP contribution in [-0.4, -0.2) is 68.3 Å². The molecule has 0 amide bonds. The monoisotopic (exact) mass is 916 g/mol. The average molecular weight is 917 g/mol. The number of carbonyl (C=O) groups is 2. The molecule has 340 valence electrons. The Labute approximate surface area is 383 Å². The molecule has 0 aromatic heterocycles. The molecule has 1 aliphatic rings. The van der Waals surface area contributed by atoms with E-state index in [4.69, 9.17) is 19.7 Å². The quantitative estimate of drug-likeness (QED) is 0.0892. The van der Waals surface area contributed by atoms with Crippen molar-refractivity contribution in [3.63, 3.8) is 0 Å². The van der Waals surface area contributed by atoms with Crippen molar-refractivity contribution in [2.75, 3.05) is 26.4 Å². The van der Waals surface area contributed by atoms with Gasteiger partial charge in [-0.3, -0.25) is 40.5 Å². The summed E-state index contributed by atoms with van der Waals surface area (Å²) in [6.45, 7) is 3.11. The zero-order valence-electron chi connectivity index (χ0n) is 35.4. The lowest BCUT2D eigenvalue weighted by Crippen LogP contribution is -2.16. The van der Waals surface area contributed by atoms with Gasteiger partial charge in [0.1, 0.15) is 0 Å². The van der Waals surface area contributed by atoms with Crippen LogP contribution < -0.4 is 0 Å². The molecule has 0 bridgehead atoms. The van der Waals surface area contributed by atoms with E-state index in [0.29, 0.717) is 12.1 Å². The number of nitrogens with zero attached hydrogens (tertiary/aromatic N) is 4. The van der Waals surface area contributed by atoms with Gasteiger partial charge in [0.05, 0.1) is 69.4 Å². The van der Waals surface area contributed by atoms with Crippen molar-refractivity contribution in [2.45, 2.75) is 0 Å². The summed E-state index contributed by atoms with van der Waals surface area (Å²) in [5, 5.41) is 74.8. The molecule has 0 unspecified atom stereocenters. The Morgan fingerprint density at radius 2 is 0.544 bits per heavy atom. The third kappa shape index (κ3) is 10.6. The predicted octanol–water partition coefficient (Wildman–Crippen LogP) is 11.6. The van der Waals surface area contributed by atoms with Crippen molar-refractivity contribution in [2.24, 2.45) is 0 Å². The fraction of sp³-hybridized carbons (Fsp3) is 0.0800.